The van der Waals surface area contributed by atoms with E-state index in [1.807, 2.05) is 48.6 Å². The van der Waals surface area contributed by atoms with E-state index in [4.69, 9.17) is 4.99 Å². The van der Waals surface area contributed by atoms with Gasteiger partial charge in [-0.05, 0) is 103 Å². The number of amides is 1. The molecule has 1 amide bonds. The normalized spacial score (nSPS) is 22.6. The van der Waals surface area contributed by atoms with Crippen molar-refractivity contribution in [3.05, 3.63) is 165 Å². The summed E-state index contributed by atoms with van der Waals surface area (Å²) in [5, 5.41) is 7.80. The number of carbonyl (C=O) groups excluding carboxylic acids is 2. The molecule has 2 atom stereocenters. The van der Waals surface area contributed by atoms with E-state index in [0.29, 0.717) is 28.4 Å². The fourth-order valence-electron chi connectivity index (χ4n) is 5.98. The molecular weight excluding hydrogens is 609 g/mol. The molecule has 4 aromatic rings. The number of pyridine rings is 1. The Kier molecular flexibility index (Phi) is 6.80. The summed E-state index contributed by atoms with van der Waals surface area (Å²) >= 11 is 0. The summed E-state index contributed by atoms with van der Waals surface area (Å²) in [6, 6.07) is 15.4. The molecule has 234 valence electrons. The van der Waals surface area contributed by atoms with Gasteiger partial charge in [0, 0.05) is 40.1 Å². The first-order valence-electron chi connectivity index (χ1n) is 15.2. The lowest BCUT2D eigenvalue weighted by atomic mass is 10.0. The lowest BCUT2D eigenvalue weighted by Crippen LogP contribution is -2.46. The number of Topliss-reactive ketones (excluding diaryl/α,β-unsaturated/α-hetero) is 1. The smallest absolute Gasteiger partial charge is 0.268 e. The van der Waals surface area contributed by atoms with Crippen LogP contribution in [-0.2, 0) is 4.79 Å². The second-order valence-electron chi connectivity index (χ2n) is 11.5. The minimum Gasteiger partial charge on any atom is -0.371 e. The first-order chi connectivity index (χ1) is 23.3. The molecular formula is C37H26FN7O3. The molecule has 8 bridgehead atoms. The van der Waals surface area contributed by atoms with Crippen molar-refractivity contribution >= 4 is 41.3 Å². The van der Waals surface area contributed by atoms with Crippen LogP contribution in [0.5, 0.6) is 0 Å². The van der Waals surface area contributed by atoms with Gasteiger partial charge in [-0.25, -0.2) is 14.4 Å². The summed E-state index contributed by atoms with van der Waals surface area (Å²) in [6.45, 7) is 0. The maximum atomic E-state index is 14.6. The number of allylic oxidation sites excluding steroid dienone is 4. The Morgan fingerprint density at radius 2 is 1.79 bits per heavy atom. The summed E-state index contributed by atoms with van der Waals surface area (Å²) in [7, 11) is 0. The number of H-pyrrole nitrogens is 2. The largest absolute Gasteiger partial charge is 0.371 e. The van der Waals surface area contributed by atoms with Crippen molar-refractivity contribution in [1.29, 1.82) is 0 Å². The quantitative estimate of drug-likeness (QED) is 0.257. The summed E-state index contributed by atoms with van der Waals surface area (Å²) in [6.07, 6.45) is 19.2. The summed E-state index contributed by atoms with van der Waals surface area (Å²) in [4.78, 5) is 57.3. The van der Waals surface area contributed by atoms with E-state index in [9.17, 15) is 18.8 Å². The number of ketones is 1. The van der Waals surface area contributed by atoms with E-state index in [1.54, 1.807) is 42.6 Å². The Morgan fingerprint density at radius 3 is 2.60 bits per heavy atom. The predicted molar refractivity (Wildman–Crippen MR) is 181 cm³/mol. The topological polar surface area (TPSA) is 136 Å². The zero-order valence-corrected chi connectivity index (χ0v) is 25.1. The number of carbonyl (C=O) groups is 2. The highest BCUT2D eigenvalue weighted by atomic mass is 19.1. The maximum Gasteiger partial charge on any atom is 0.268 e. The van der Waals surface area contributed by atoms with Crippen molar-refractivity contribution < 1.29 is 14.0 Å². The fraction of sp³-hybridized carbons (Fsp3) is 0.0541. The van der Waals surface area contributed by atoms with Gasteiger partial charge >= 0.3 is 0 Å². The number of halogens is 1. The van der Waals surface area contributed by atoms with Crippen molar-refractivity contribution in [1.82, 2.24) is 25.2 Å². The summed E-state index contributed by atoms with van der Waals surface area (Å²) in [5.41, 5.74) is 0.973. The van der Waals surface area contributed by atoms with Crippen LogP contribution in [0.3, 0.4) is 0 Å². The molecule has 10 nitrogen and oxygen atoms in total. The van der Waals surface area contributed by atoms with Crippen LogP contribution in [0.1, 0.15) is 16.1 Å². The van der Waals surface area contributed by atoms with Crippen molar-refractivity contribution in [2.75, 3.05) is 0 Å². The number of hydrogen-bond donors (Lipinski definition) is 4. The van der Waals surface area contributed by atoms with Crippen LogP contribution in [0.4, 0.5) is 4.39 Å². The van der Waals surface area contributed by atoms with E-state index in [2.05, 4.69) is 25.6 Å². The molecule has 0 radical (unpaired) electrons. The van der Waals surface area contributed by atoms with Crippen LogP contribution in [-0.4, -0.2) is 49.4 Å². The molecule has 11 heteroatoms. The minimum atomic E-state index is -1.51. The lowest BCUT2D eigenvalue weighted by Gasteiger charge is -2.23. The third kappa shape index (κ3) is 5.32. The average molecular weight is 636 g/mol. The number of aliphatic imine (C=N–C) groups is 2. The van der Waals surface area contributed by atoms with Crippen molar-refractivity contribution in [2.24, 2.45) is 9.98 Å². The molecule has 4 aliphatic heterocycles. The monoisotopic (exact) mass is 635 g/mol. The van der Waals surface area contributed by atoms with Crippen molar-refractivity contribution in [3.8, 4) is 5.69 Å². The Bertz CT molecular complexity index is 2440. The van der Waals surface area contributed by atoms with Crippen LogP contribution in [0.15, 0.2) is 141 Å². The van der Waals surface area contributed by atoms with Gasteiger partial charge in [0.15, 0.2) is 11.4 Å². The standard InChI is InChI=1S/C37H26FN7O3/c38-30-7-1-2-8-33(30)45-16-4-6-28(36(45)48)35(47)44-37-14-13-27(43-37)18-25-10-9-23(40-25)17-24-11-12-26(41-24)20-31-34(46)29(32(21-37)42-31)19-22-5-3-15-39-22/h1-21,31,39-40,42H,(H,44,47)/b23-17?,25-18?,26-20?,29-19?,32-21-. The Labute approximate surface area is 272 Å². The molecule has 8 rings (SSSR count). The highest BCUT2D eigenvalue weighted by molar-refractivity contribution is 6.20. The fourth-order valence-corrected chi connectivity index (χ4v) is 5.98. The maximum absolute atomic E-state index is 14.6. The summed E-state index contributed by atoms with van der Waals surface area (Å²) < 4.78 is 15.7. The number of aromatic amines is 2. The number of fused-ring (bicyclic) bond motifs is 6. The van der Waals surface area contributed by atoms with Crippen molar-refractivity contribution in [3.63, 3.8) is 0 Å². The third-order valence-corrected chi connectivity index (χ3v) is 8.23. The summed E-state index contributed by atoms with van der Waals surface area (Å²) in [5.74, 6) is -1.54. The Balaban J connectivity index is 1.27. The highest BCUT2D eigenvalue weighted by Gasteiger charge is 2.37. The lowest BCUT2D eigenvalue weighted by molar-refractivity contribution is -0.114. The van der Waals surface area contributed by atoms with Gasteiger partial charge in [-0.2, -0.15) is 0 Å². The first-order valence-corrected chi connectivity index (χ1v) is 15.2. The van der Waals surface area contributed by atoms with E-state index in [0.717, 1.165) is 21.0 Å². The number of para-hydroxylation sites is 1. The molecule has 1 saturated heterocycles. The number of benzene rings is 1. The van der Waals surface area contributed by atoms with Gasteiger partial charge in [-0.15, -0.1) is 0 Å². The van der Waals surface area contributed by atoms with Gasteiger partial charge in [0.05, 0.1) is 22.8 Å². The molecule has 48 heavy (non-hydrogen) atoms. The van der Waals surface area contributed by atoms with Crippen LogP contribution in [0.2, 0.25) is 0 Å². The first kappa shape index (κ1) is 28.8. The number of nitrogens with one attached hydrogen (secondary N) is 4. The van der Waals surface area contributed by atoms with Gasteiger partial charge in [0.2, 0.25) is 0 Å². The molecule has 7 heterocycles. The molecule has 1 aromatic carbocycles. The van der Waals surface area contributed by atoms with E-state index in [1.165, 1.54) is 36.5 Å². The predicted octanol–water partition coefficient (Wildman–Crippen LogP) is 2.75. The second-order valence-corrected chi connectivity index (χ2v) is 11.5. The molecule has 4 N–H and O–H groups in total. The van der Waals surface area contributed by atoms with Crippen LogP contribution in [0.25, 0.3) is 23.9 Å². The highest BCUT2D eigenvalue weighted by Crippen LogP contribution is 2.29. The van der Waals surface area contributed by atoms with Crippen LogP contribution >= 0.6 is 0 Å². The average Bonchev–Trinajstić information content (AvgIpc) is 3.91. The third-order valence-electron chi connectivity index (χ3n) is 8.23. The number of rotatable bonds is 4. The molecule has 1 fully saturated rings. The van der Waals surface area contributed by atoms with Gasteiger partial charge < -0.3 is 20.6 Å². The van der Waals surface area contributed by atoms with Gasteiger partial charge in [-0.1, -0.05) is 12.1 Å². The van der Waals surface area contributed by atoms with E-state index in [-0.39, 0.29) is 17.0 Å². The minimum absolute atomic E-state index is 0.0156. The Hall–Kier alpha value is -6.62. The van der Waals surface area contributed by atoms with Crippen molar-refractivity contribution in [2.45, 2.75) is 11.7 Å². The molecule has 2 unspecified atom stereocenters. The molecule has 0 spiro atoms. The zero-order chi connectivity index (χ0) is 32.8. The molecule has 0 aliphatic carbocycles. The molecule has 4 aliphatic rings. The molecule has 0 saturated carbocycles. The number of aromatic nitrogens is 3. The van der Waals surface area contributed by atoms with Crippen LogP contribution in [0, 0.1) is 5.82 Å². The molecule has 3 aromatic heterocycles. The second kappa shape index (κ2) is 11.3. The van der Waals surface area contributed by atoms with E-state index >= 15 is 0 Å². The zero-order valence-electron chi connectivity index (χ0n) is 25.1. The van der Waals surface area contributed by atoms with Gasteiger partial charge in [0.25, 0.3) is 11.5 Å². The Morgan fingerprint density at radius 1 is 0.958 bits per heavy atom. The van der Waals surface area contributed by atoms with Gasteiger partial charge in [-0.3, -0.25) is 19.0 Å². The SMILES string of the molecule is O=C(NC12C=CC(=N1)C=c1ccc([nH]1)=CC1=NC(=CC3N/C(=C\2)C(=Cc2ccc[nH]2)C3=O)C=C1)c1cccn(-c2ccccc2F)c1=O. The number of hydrogen-bond acceptors (Lipinski definition) is 6. The van der Waals surface area contributed by atoms with Crippen LogP contribution < -0.4 is 26.9 Å². The van der Waals surface area contributed by atoms with Gasteiger partial charge in [0.1, 0.15) is 17.4 Å². The number of nitrogens with zero attached hydrogens (tertiary/aromatic N) is 3. The van der Waals surface area contributed by atoms with E-state index < -0.39 is 29.0 Å².